The van der Waals surface area contributed by atoms with Crippen molar-refractivity contribution < 1.29 is 14.6 Å². The van der Waals surface area contributed by atoms with Crippen LogP contribution in [0, 0.1) is 0 Å². The molecule has 0 heterocycles. The minimum absolute atomic E-state index is 0. The van der Waals surface area contributed by atoms with Crippen LogP contribution in [-0.2, 0) is 11.3 Å². The average molecular weight is 287 g/mol. The summed E-state index contributed by atoms with van der Waals surface area (Å²) in [7, 11) is 3.21. The van der Waals surface area contributed by atoms with Gasteiger partial charge in [0.25, 0.3) is 0 Å². The second-order valence-electron chi connectivity index (χ2n) is 4.82. The first-order valence-corrected chi connectivity index (χ1v) is 5.86. The Bertz CT molecular complexity index is 475. The van der Waals surface area contributed by atoms with Crippen LogP contribution in [0.5, 0.6) is 11.5 Å². The highest BCUT2D eigenvalue weighted by Crippen LogP contribution is 2.34. The zero-order valence-electron chi connectivity index (χ0n) is 11.0. The fourth-order valence-corrected chi connectivity index (χ4v) is 1.91. The zero-order valence-corrected chi connectivity index (χ0v) is 11.9. The lowest BCUT2D eigenvalue weighted by molar-refractivity contribution is -0.132. The highest BCUT2D eigenvalue weighted by molar-refractivity contribution is 5.88. The number of nitrogens with two attached hydrogens (primary N) is 1. The van der Waals surface area contributed by atoms with Gasteiger partial charge in [-0.25, -0.2) is 0 Å². The lowest BCUT2D eigenvalue weighted by atomic mass is 10.1. The molecule has 1 fully saturated rings. The number of nitrogens with zero attached hydrogens (tertiary/aromatic N) is 1. The van der Waals surface area contributed by atoms with Crippen molar-refractivity contribution in [1.29, 1.82) is 0 Å². The molecule has 1 saturated carbocycles. The van der Waals surface area contributed by atoms with Crippen LogP contribution in [-0.4, -0.2) is 35.6 Å². The Morgan fingerprint density at radius 2 is 2.16 bits per heavy atom. The van der Waals surface area contributed by atoms with Crippen molar-refractivity contribution in [2.75, 3.05) is 14.2 Å². The summed E-state index contributed by atoms with van der Waals surface area (Å²) in [6.07, 6.45) is 1.51. The molecular weight excluding hydrogens is 268 g/mol. The molecule has 0 atom stereocenters. The third-order valence-electron chi connectivity index (χ3n) is 3.22. The predicted molar refractivity (Wildman–Crippen MR) is 74.5 cm³/mol. The molecule has 1 aromatic rings. The summed E-state index contributed by atoms with van der Waals surface area (Å²) >= 11 is 0. The number of carbonyl (C=O) groups is 1. The topological polar surface area (TPSA) is 75.8 Å². The molecule has 0 unspecified atom stereocenters. The van der Waals surface area contributed by atoms with Crippen molar-refractivity contribution in [2.24, 2.45) is 5.73 Å². The molecule has 1 aromatic carbocycles. The fourth-order valence-electron chi connectivity index (χ4n) is 1.91. The molecule has 0 bridgehead atoms. The summed E-state index contributed by atoms with van der Waals surface area (Å²) in [6.45, 7) is 0.426. The van der Waals surface area contributed by atoms with Crippen molar-refractivity contribution >= 4 is 18.3 Å². The Labute approximate surface area is 118 Å². The van der Waals surface area contributed by atoms with Gasteiger partial charge in [-0.3, -0.25) is 4.79 Å². The number of benzene rings is 1. The minimum atomic E-state index is -0.650. The zero-order chi connectivity index (χ0) is 13.3. The highest BCUT2D eigenvalue weighted by atomic mass is 35.5. The van der Waals surface area contributed by atoms with Crippen molar-refractivity contribution in [3.05, 3.63) is 23.8 Å². The summed E-state index contributed by atoms with van der Waals surface area (Å²) in [6, 6.07) is 5.09. The second-order valence-corrected chi connectivity index (χ2v) is 4.82. The van der Waals surface area contributed by atoms with Crippen molar-refractivity contribution in [1.82, 2.24) is 4.90 Å². The molecule has 19 heavy (non-hydrogen) atoms. The van der Waals surface area contributed by atoms with Gasteiger partial charge in [0, 0.05) is 13.6 Å². The summed E-state index contributed by atoms with van der Waals surface area (Å²) in [5, 5.41) is 9.66. The molecule has 0 saturated heterocycles. The summed E-state index contributed by atoms with van der Waals surface area (Å²) < 4.78 is 4.97. The first-order valence-electron chi connectivity index (χ1n) is 5.86. The lowest BCUT2D eigenvalue weighted by Crippen LogP contribution is -2.43. The van der Waals surface area contributed by atoms with Crippen LogP contribution in [0.15, 0.2) is 18.2 Å². The summed E-state index contributed by atoms with van der Waals surface area (Å²) in [4.78, 5) is 13.5. The molecule has 106 valence electrons. The van der Waals surface area contributed by atoms with Gasteiger partial charge in [-0.05, 0) is 30.5 Å². The Morgan fingerprint density at radius 1 is 1.53 bits per heavy atom. The predicted octanol–water partition coefficient (Wildman–Crippen LogP) is 1.27. The quantitative estimate of drug-likeness (QED) is 0.874. The Morgan fingerprint density at radius 3 is 2.63 bits per heavy atom. The number of rotatable bonds is 4. The Kier molecular flexibility index (Phi) is 4.66. The molecule has 0 aromatic heterocycles. The van der Waals surface area contributed by atoms with E-state index in [1.165, 1.54) is 7.11 Å². The standard InChI is InChI=1S/C13H18N2O3.ClH/c1-15(12(17)13(14)5-6-13)8-9-3-4-11(18-2)10(16)7-9;/h3-4,7,16H,5-6,8,14H2,1-2H3;1H. The smallest absolute Gasteiger partial charge is 0.242 e. The molecule has 0 spiro atoms. The van der Waals surface area contributed by atoms with Gasteiger partial charge in [0.1, 0.15) is 0 Å². The maximum absolute atomic E-state index is 12.0. The van der Waals surface area contributed by atoms with Gasteiger partial charge in [-0.1, -0.05) is 6.07 Å². The van der Waals surface area contributed by atoms with E-state index < -0.39 is 5.54 Å². The van der Waals surface area contributed by atoms with Gasteiger partial charge >= 0.3 is 0 Å². The molecule has 0 radical (unpaired) electrons. The van der Waals surface area contributed by atoms with E-state index in [4.69, 9.17) is 10.5 Å². The third-order valence-corrected chi connectivity index (χ3v) is 3.22. The van der Waals surface area contributed by atoms with E-state index >= 15 is 0 Å². The van der Waals surface area contributed by atoms with Gasteiger partial charge in [-0.2, -0.15) is 0 Å². The molecule has 0 aliphatic heterocycles. The number of carbonyl (C=O) groups excluding carboxylic acids is 1. The molecule has 1 aliphatic carbocycles. The first kappa shape index (κ1) is 15.6. The van der Waals surface area contributed by atoms with Crippen LogP contribution in [0.3, 0.4) is 0 Å². The van der Waals surface area contributed by atoms with Crippen LogP contribution in [0.2, 0.25) is 0 Å². The number of likely N-dealkylation sites (N-methyl/N-ethyl adjacent to an activating group) is 1. The van der Waals surface area contributed by atoms with Crippen LogP contribution in [0.4, 0.5) is 0 Å². The third kappa shape index (κ3) is 3.30. The second kappa shape index (κ2) is 5.67. The number of methoxy groups -OCH3 is 1. The van der Waals surface area contributed by atoms with Gasteiger partial charge in [0.15, 0.2) is 11.5 Å². The molecular formula is C13H19ClN2O3. The van der Waals surface area contributed by atoms with E-state index in [0.29, 0.717) is 12.3 Å². The highest BCUT2D eigenvalue weighted by Gasteiger charge is 2.47. The lowest BCUT2D eigenvalue weighted by Gasteiger charge is -2.21. The maximum Gasteiger partial charge on any atom is 0.242 e. The van der Waals surface area contributed by atoms with E-state index in [1.54, 1.807) is 24.1 Å². The van der Waals surface area contributed by atoms with Gasteiger partial charge in [0.2, 0.25) is 5.91 Å². The summed E-state index contributed by atoms with van der Waals surface area (Å²) in [5.41, 5.74) is 6.05. The number of ether oxygens (including phenoxy) is 1. The van der Waals surface area contributed by atoms with Crippen molar-refractivity contribution in [2.45, 2.75) is 24.9 Å². The SMILES string of the molecule is COc1ccc(CN(C)C(=O)C2(N)CC2)cc1O.Cl. The largest absolute Gasteiger partial charge is 0.504 e. The molecule has 1 aliphatic rings. The van der Waals surface area contributed by atoms with E-state index in [-0.39, 0.29) is 24.1 Å². The van der Waals surface area contributed by atoms with E-state index in [1.807, 2.05) is 6.07 Å². The number of hydrogen-bond acceptors (Lipinski definition) is 4. The average Bonchev–Trinajstić information content (AvgIpc) is 3.08. The number of halogens is 1. The van der Waals surface area contributed by atoms with Crippen LogP contribution >= 0.6 is 12.4 Å². The molecule has 1 amide bonds. The van der Waals surface area contributed by atoms with Crippen LogP contribution in [0.1, 0.15) is 18.4 Å². The normalized spacial score (nSPS) is 15.3. The molecule has 5 nitrogen and oxygen atoms in total. The van der Waals surface area contributed by atoms with Crippen molar-refractivity contribution in [3.8, 4) is 11.5 Å². The molecule has 2 rings (SSSR count). The Balaban J connectivity index is 0.00000180. The van der Waals surface area contributed by atoms with Gasteiger partial charge < -0.3 is 20.5 Å². The first-order chi connectivity index (χ1) is 8.46. The fraction of sp³-hybridized carbons (Fsp3) is 0.462. The minimum Gasteiger partial charge on any atom is -0.504 e. The van der Waals surface area contributed by atoms with Crippen LogP contribution < -0.4 is 10.5 Å². The number of hydrogen-bond donors (Lipinski definition) is 2. The van der Waals surface area contributed by atoms with Gasteiger partial charge in [-0.15, -0.1) is 12.4 Å². The van der Waals surface area contributed by atoms with Gasteiger partial charge in [0.05, 0.1) is 12.6 Å². The van der Waals surface area contributed by atoms with Crippen molar-refractivity contribution in [3.63, 3.8) is 0 Å². The molecule has 6 heteroatoms. The summed E-state index contributed by atoms with van der Waals surface area (Å²) in [5.74, 6) is 0.452. The Hall–Kier alpha value is -1.46. The number of aromatic hydroxyl groups is 1. The van der Waals surface area contributed by atoms with E-state index in [2.05, 4.69) is 0 Å². The number of phenolic OH excluding ortho intramolecular Hbond substituents is 1. The number of phenols is 1. The number of amides is 1. The molecule has 3 N–H and O–H groups in total. The monoisotopic (exact) mass is 286 g/mol. The maximum atomic E-state index is 12.0. The van der Waals surface area contributed by atoms with Crippen LogP contribution in [0.25, 0.3) is 0 Å². The van der Waals surface area contributed by atoms with E-state index in [9.17, 15) is 9.90 Å². The van der Waals surface area contributed by atoms with E-state index in [0.717, 1.165) is 18.4 Å².